The quantitative estimate of drug-likeness (QED) is 0.337. The van der Waals surface area contributed by atoms with Crippen LogP contribution >= 0.6 is 11.6 Å². The molecule has 0 saturated heterocycles. The van der Waals surface area contributed by atoms with Gasteiger partial charge in [0.1, 0.15) is 5.75 Å². The van der Waals surface area contributed by atoms with Crippen LogP contribution in [0.1, 0.15) is 41.3 Å². The van der Waals surface area contributed by atoms with E-state index in [0.29, 0.717) is 23.0 Å². The maximum Gasteiger partial charge on any atom is 0.252 e. The fourth-order valence-electron chi connectivity index (χ4n) is 3.77. The number of hydrogen-bond donors (Lipinski definition) is 1. The first-order chi connectivity index (χ1) is 15.9. The number of nitrogens with one attached hydrogen (secondary N) is 1. The van der Waals surface area contributed by atoms with Gasteiger partial charge in [0.15, 0.2) is 0 Å². The molecule has 4 aromatic rings. The number of pyridine rings is 1. The predicted molar refractivity (Wildman–Crippen MR) is 135 cm³/mol. The monoisotopic (exact) mass is 458 g/mol. The van der Waals surface area contributed by atoms with E-state index >= 15 is 0 Å². The van der Waals surface area contributed by atoms with Crippen LogP contribution in [-0.2, 0) is 6.42 Å². The van der Waals surface area contributed by atoms with Crippen LogP contribution in [0.25, 0.3) is 22.2 Å². The lowest BCUT2D eigenvalue weighted by atomic mass is 9.97. The van der Waals surface area contributed by atoms with Crippen LogP contribution < -0.4 is 10.1 Å². The largest absolute Gasteiger partial charge is 0.497 e. The number of amides is 1. The average molecular weight is 459 g/mol. The molecular formula is C28H27ClN2O2. The predicted octanol–water partition coefficient (Wildman–Crippen LogP) is 6.66. The molecule has 1 aromatic heterocycles. The van der Waals surface area contributed by atoms with E-state index in [9.17, 15) is 4.79 Å². The second-order valence-corrected chi connectivity index (χ2v) is 8.78. The van der Waals surface area contributed by atoms with E-state index in [1.54, 1.807) is 7.11 Å². The van der Waals surface area contributed by atoms with Crippen molar-refractivity contribution in [3.8, 4) is 17.0 Å². The van der Waals surface area contributed by atoms with Gasteiger partial charge in [0.25, 0.3) is 5.91 Å². The van der Waals surface area contributed by atoms with Crippen molar-refractivity contribution in [1.29, 1.82) is 0 Å². The first-order valence-electron chi connectivity index (χ1n) is 11.1. The molecule has 0 unspecified atom stereocenters. The number of rotatable bonds is 7. The molecular weight excluding hydrogens is 432 g/mol. The van der Waals surface area contributed by atoms with Gasteiger partial charge in [-0.3, -0.25) is 4.79 Å². The molecule has 168 valence electrons. The Morgan fingerprint density at radius 1 is 1.00 bits per heavy atom. The topological polar surface area (TPSA) is 51.2 Å². The Hall–Kier alpha value is -3.37. The van der Waals surface area contributed by atoms with Crippen molar-refractivity contribution >= 4 is 28.4 Å². The number of hydrogen-bond acceptors (Lipinski definition) is 3. The van der Waals surface area contributed by atoms with E-state index in [-0.39, 0.29) is 5.91 Å². The summed E-state index contributed by atoms with van der Waals surface area (Å²) in [5, 5.41) is 4.65. The second kappa shape index (κ2) is 10.1. The molecule has 0 aliphatic carbocycles. The summed E-state index contributed by atoms with van der Waals surface area (Å²) in [6.07, 6.45) is 0.731. The molecule has 0 spiro atoms. The minimum atomic E-state index is -0.105. The van der Waals surface area contributed by atoms with Gasteiger partial charge >= 0.3 is 0 Å². The standard InChI is InChI=1S/C28H27ClN2O2/c1-18(2)21-8-13-26-24(16-21)25(17-27(31-26)20-6-11-23(33-3)12-7-20)28(32)30-15-14-19-4-9-22(29)10-5-19/h4-13,16-18H,14-15H2,1-3H3,(H,30,32). The van der Waals surface area contributed by atoms with Gasteiger partial charge in [0.2, 0.25) is 0 Å². The molecule has 33 heavy (non-hydrogen) atoms. The molecule has 0 aliphatic rings. The molecule has 0 fully saturated rings. The molecule has 3 aromatic carbocycles. The third kappa shape index (κ3) is 5.35. The van der Waals surface area contributed by atoms with Crippen molar-refractivity contribution in [1.82, 2.24) is 10.3 Å². The van der Waals surface area contributed by atoms with Crippen molar-refractivity contribution in [2.24, 2.45) is 0 Å². The molecule has 1 amide bonds. The number of carbonyl (C=O) groups excluding carboxylic acids is 1. The molecule has 0 atom stereocenters. The summed E-state index contributed by atoms with van der Waals surface area (Å²) in [5.41, 5.74) is 5.42. The van der Waals surface area contributed by atoms with Crippen LogP contribution in [0.15, 0.2) is 72.8 Å². The summed E-state index contributed by atoms with van der Waals surface area (Å²) in [7, 11) is 1.64. The minimum Gasteiger partial charge on any atom is -0.497 e. The van der Waals surface area contributed by atoms with Gasteiger partial charge in [0.05, 0.1) is 23.9 Å². The third-order valence-electron chi connectivity index (χ3n) is 5.74. The summed E-state index contributed by atoms with van der Waals surface area (Å²) < 4.78 is 5.27. The Kier molecular flexibility index (Phi) is 6.95. The number of ether oxygens (including phenoxy) is 1. The molecule has 0 saturated carbocycles. The highest BCUT2D eigenvalue weighted by Gasteiger charge is 2.15. The van der Waals surface area contributed by atoms with Crippen LogP contribution in [0.5, 0.6) is 5.75 Å². The maximum atomic E-state index is 13.3. The van der Waals surface area contributed by atoms with E-state index in [0.717, 1.165) is 39.9 Å². The van der Waals surface area contributed by atoms with Gasteiger partial charge < -0.3 is 10.1 Å². The Morgan fingerprint density at radius 3 is 2.39 bits per heavy atom. The Morgan fingerprint density at radius 2 is 1.73 bits per heavy atom. The number of nitrogens with zero attached hydrogens (tertiary/aromatic N) is 1. The van der Waals surface area contributed by atoms with Crippen LogP contribution in [0.2, 0.25) is 5.02 Å². The maximum absolute atomic E-state index is 13.3. The van der Waals surface area contributed by atoms with Crippen molar-refractivity contribution in [3.05, 3.63) is 94.5 Å². The zero-order chi connectivity index (χ0) is 23.4. The minimum absolute atomic E-state index is 0.105. The number of benzene rings is 3. The Bertz CT molecular complexity index is 1270. The Balaban J connectivity index is 1.67. The highest BCUT2D eigenvalue weighted by molar-refractivity contribution is 6.30. The van der Waals surface area contributed by atoms with Crippen molar-refractivity contribution in [2.45, 2.75) is 26.2 Å². The summed E-state index contributed by atoms with van der Waals surface area (Å²) in [6, 6.07) is 23.4. The summed E-state index contributed by atoms with van der Waals surface area (Å²) in [4.78, 5) is 18.1. The van der Waals surface area contributed by atoms with Crippen molar-refractivity contribution in [3.63, 3.8) is 0 Å². The summed E-state index contributed by atoms with van der Waals surface area (Å²) >= 11 is 5.97. The zero-order valence-corrected chi connectivity index (χ0v) is 19.8. The number of aromatic nitrogens is 1. The first-order valence-corrected chi connectivity index (χ1v) is 11.4. The molecule has 1 heterocycles. The fourth-order valence-corrected chi connectivity index (χ4v) is 3.89. The van der Waals surface area contributed by atoms with Gasteiger partial charge in [-0.25, -0.2) is 4.98 Å². The summed E-state index contributed by atoms with van der Waals surface area (Å²) in [6.45, 7) is 4.82. The fraction of sp³-hybridized carbons (Fsp3) is 0.214. The second-order valence-electron chi connectivity index (χ2n) is 8.35. The third-order valence-corrected chi connectivity index (χ3v) is 5.99. The number of methoxy groups -OCH3 is 1. The van der Waals surface area contributed by atoms with Crippen molar-refractivity contribution < 1.29 is 9.53 Å². The van der Waals surface area contributed by atoms with E-state index in [1.165, 1.54) is 5.56 Å². The highest BCUT2D eigenvalue weighted by Crippen LogP contribution is 2.28. The molecule has 1 N–H and O–H groups in total. The van der Waals surface area contributed by atoms with Crippen molar-refractivity contribution in [2.75, 3.05) is 13.7 Å². The van der Waals surface area contributed by atoms with Gasteiger partial charge in [-0.05, 0) is 78.1 Å². The van der Waals surface area contributed by atoms with Gasteiger partial charge in [0, 0.05) is 22.5 Å². The molecule has 0 aliphatic heterocycles. The van der Waals surface area contributed by atoms with Crippen LogP contribution in [0, 0.1) is 0 Å². The average Bonchev–Trinajstić information content (AvgIpc) is 2.84. The van der Waals surface area contributed by atoms with Crippen LogP contribution in [-0.4, -0.2) is 24.5 Å². The Labute approximate surface area is 199 Å². The van der Waals surface area contributed by atoms with E-state index in [1.807, 2.05) is 60.7 Å². The SMILES string of the molecule is COc1ccc(-c2cc(C(=O)NCCc3ccc(Cl)cc3)c3cc(C(C)C)ccc3n2)cc1. The van der Waals surface area contributed by atoms with Crippen LogP contribution in [0.3, 0.4) is 0 Å². The lowest BCUT2D eigenvalue weighted by Gasteiger charge is -2.13. The highest BCUT2D eigenvalue weighted by atomic mass is 35.5. The zero-order valence-electron chi connectivity index (χ0n) is 19.1. The van der Waals surface area contributed by atoms with E-state index in [4.69, 9.17) is 21.3 Å². The lowest BCUT2D eigenvalue weighted by molar-refractivity contribution is 0.0955. The van der Waals surface area contributed by atoms with Gasteiger partial charge in [-0.15, -0.1) is 0 Å². The summed E-state index contributed by atoms with van der Waals surface area (Å²) in [5.74, 6) is 1.03. The number of carbonyl (C=O) groups is 1. The number of halogens is 1. The molecule has 5 heteroatoms. The molecule has 0 bridgehead atoms. The first kappa shape index (κ1) is 22.8. The smallest absolute Gasteiger partial charge is 0.252 e. The van der Waals surface area contributed by atoms with E-state index < -0.39 is 0 Å². The van der Waals surface area contributed by atoms with Crippen LogP contribution in [0.4, 0.5) is 0 Å². The van der Waals surface area contributed by atoms with Gasteiger partial charge in [-0.2, -0.15) is 0 Å². The molecule has 0 radical (unpaired) electrons. The molecule has 4 rings (SSSR count). The molecule has 4 nitrogen and oxygen atoms in total. The lowest BCUT2D eigenvalue weighted by Crippen LogP contribution is -2.26. The normalized spacial score (nSPS) is 11.1. The van der Waals surface area contributed by atoms with E-state index in [2.05, 4.69) is 31.3 Å². The number of fused-ring (bicyclic) bond motifs is 1. The van der Waals surface area contributed by atoms with Gasteiger partial charge in [-0.1, -0.05) is 43.6 Å².